The summed E-state index contributed by atoms with van der Waals surface area (Å²) in [5.41, 5.74) is -1.18. The van der Waals surface area contributed by atoms with E-state index in [0.717, 1.165) is 25.7 Å². The zero-order valence-corrected chi connectivity index (χ0v) is 13.6. The van der Waals surface area contributed by atoms with E-state index in [1.807, 2.05) is 6.26 Å². The fourth-order valence-electron chi connectivity index (χ4n) is 2.40. The minimum absolute atomic E-state index is 0.0639. The predicted octanol–water partition coefficient (Wildman–Crippen LogP) is 1.99. The van der Waals surface area contributed by atoms with E-state index in [-0.39, 0.29) is 12.5 Å². The number of thioether (sulfide) groups is 1. The van der Waals surface area contributed by atoms with Crippen LogP contribution in [-0.4, -0.2) is 40.6 Å². The molecule has 3 amide bonds. The molecule has 120 valence electrons. The molecule has 0 bridgehead atoms. The van der Waals surface area contributed by atoms with Crippen LogP contribution in [-0.2, 0) is 9.59 Å². The summed E-state index contributed by atoms with van der Waals surface area (Å²) in [6.07, 6.45) is 5.99. The van der Waals surface area contributed by atoms with Gasteiger partial charge in [-0.2, -0.15) is 11.8 Å². The Morgan fingerprint density at radius 1 is 1.24 bits per heavy atom. The summed E-state index contributed by atoms with van der Waals surface area (Å²) in [6, 6.07) is -0.471. The number of carboxylic acid groups (broad SMARTS) is 1. The highest BCUT2D eigenvalue weighted by atomic mass is 32.2. The highest BCUT2D eigenvalue weighted by Gasteiger charge is 2.31. The van der Waals surface area contributed by atoms with Crippen molar-refractivity contribution in [3.05, 3.63) is 0 Å². The molecule has 6 nitrogen and oxygen atoms in total. The van der Waals surface area contributed by atoms with Crippen molar-refractivity contribution in [2.75, 3.05) is 6.26 Å². The van der Waals surface area contributed by atoms with Gasteiger partial charge in [0.1, 0.15) is 0 Å². The Morgan fingerprint density at radius 3 is 2.43 bits per heavy atom. The molecule has 1 aliphatic carbocycles. The first kappa shape index (κ1) is 17.8. The first-order chi connectivity index (χ1) is 9.76. The molecule has 0 aliphatic heterocycles. The molecule has 0 aromatic rings. The molecule has 21 heavy (non-hydrogen) atoms. The average molecular weight is 316 g/mol. The van der Waals surface area contributed by atoms with Gasteiger partial charge >= 0.3 is 12.0 Å². The number of hydrogen-bond donors (Lipinski definition) is 3. The number of carbonyl (C=O) groups excluding carboxylic acids is 2. The molecule has 7 heteroatoms. The zero-order valence-electron chi connectivity index (χ0n) is 12.8. The molecule has 2 atom stereocenters. The maximum absolute atomic E-state index is 11.8. The lowest BCUT2D eigenvalue weighted by Gasteiger charge is -2.30. The number of carbonyl (C=O) groups is 3. The Hall–Kier alpha value is -1.24. The molecule has 0 heterocycles. The van der Waals surface area contributed by atoms with Crippen LogP contribution in [0.3, 0.4) is 0 Å². The lowest BCUT2D eigenvalue weighted by molar-refractivity contribution is -0.149. The summed E-state index contributed by atoms with van der Waals surface area (Å²) in [7, 11) is 0. The first-order valence-corrected chi connectivity index (χ1v) is 8.41. The molecule has 0 radical (unpaired) electrons. The predicted molar refractivity (Wildman–Crippen MR) is 82.3 cm³/mol. The van der Waals surface area contributed by atoms with Crippen LogP contribution in [0.4, 0.5) is 4.79 Å². The quantitative estimate of drug-likeness (QED) is 0.721. The van der Waals surface area contributed by atoms with Gasteiger partial charge in [-0.3, -0.25) is 14.9 Å². The summed E-state index contributed by atoms with van der Waals surface area (Å²) in [6.45, 7) is 2.91. The van der Waals surface area contributed by atoms with Crippen molar-refractivity contribution in [1.29, 1.82) is 0 Å². The normalized spacial score (nSPS) is 22.4. The van der Waals surface area contributed by atoms with Crippen LogP contribution < -0.4 is 10.6 Å². The van der Waals surface area contributed by atoms with E-state index in [1.165, 1.54) is 13.8 Å². The van der Waals surface area contributed by atoms with Gasteiger partial charge in [-0.05, 0) is 32.9 Å². The molecular formula is C14H24N2O4S. The van der Waals surface area contributed by atoms with Crippen LogP contribution in [0, 0.1) is 5.41 Å². The van der Waals surface area contributed by atoms with E-state index in [0.29, 0.717) is 5.25 Å². The second kappa shape index (κ2) is 7.68. The molecule has 0 aromatic heterocycles. The SMILES string of the molecule is CSC1CCCCC1NC(=O)NC(=O)CC(C)(C)C(=O)O. The van der Waals surface area contributed by atoms with Crippen molar-refractivity contribution >= 4 is 29.7 Å². The monoisotopic (exact) mass is 316 g/mol. The number of imide groups is 1. The molecule has 3 N–H and O–H groups in total. The van der Waals surface area contributed by atoms with Crippen LogP contribution in [0.2, 0.25) is 0 Å². The van der Waals surface area contributed by atoms with Crippen LogP contribution in [0.25, 0.3) is 0 Å². The number of carboxylic acids is 1. The highest BCUT2D eigenvalue weighted by molar-refractivity contribution is 7.99. The fraction of sp³-hybridized carbons (Fsp3) is 0.786. The third kappa shape index (κ3) is 5.57. The van der Waals surface area contributed by atoms with Crippen molar-refractivity contribution < 1.29 is 19.5 Å². The number of aliphatic carboxylic acids is 1. The van der Waals surface area contributed by atoms with Crippen molar-refractivity contribution in [2.24, 2.45) is 5.41 Å². The number of hydrogen-bond acceptors (Lipinski definition) is 4. The largest absolute Gasteiger partial charge is 0.481 e. The molecule has 1 aliphatic rings. The number of amides is 3. The van der Waals surface area contributed by atoms with Gasteiger partial charge in [0, 0.05) is 17.7 Å². The molecule has 1 rings (SSSR count). The van der Waals surface area contributed by atoms with E-state index >= 15 is 0 Å². The van der Waals surface area contributed by atoms with Gasteiger partial charge < -0.3 is 10.4 Å². The van der Waals surface area contributed by atoms with E-state index in [2.05, 4.69) is 10.6 Å². The summed E-state index contributed by atoms with van der Waals surface area (Å²) in [5, 5.41) is 14.4. The molecule has 0 aromatic carbocycles. The lowest BCUT2D eigenvalue weighted by Crippen LogP contribution is -2.50. The zero-order chi connectivity index (χ0) is 16.0. The van der Waals surface area contributed by atoms with Gasteiger partial charge in [0.15, 0.2) is 0 Å². The van der Waals surface area contributed by atoms with Gasteiger partial charge in [-0.15, -0.1) is 0 Å². The third-order valence-electron chi connectivity index (χ3n) is 3.76. The van der Waals surface area contributed by atoms with E-state index in [4.69, 9.17) is 5.11 Å². The first-order valence-electron chi connectivity index (χ1n) is 7.13. The number of urea groups is 1. The Morgan fingerprint density at radius 2 is 1.86 bits per heavy atom. The van der Waals surface area contributed by atoms with Crippen LogP contribution in [0.5, 0.6) is 0 Å². The Labute approximate surface area is 129 Å². The van der Waals surface area contributed by atoms with Gasteiger partial charge in [-0.1, -0.05) is 12.8 Å². The van der Waals surface area contributed by atoms with Crippen LogP contribution in [0.1, 0.15) is 46.0 Å². The third-order valence-corrected chi connectivity index (χ3v) is 4.93. The van der Waals surface area contributed by atoms with Crippen molar-refractivity contribution in [1.82, 2.24) is 10.6 Å². The van der Waals surface area contributed by atoms with Crippen molar-refractivity contribution in [3.63, 3.8) is 0 Å². The summed E-state index contributed by atoms with van der Waals surface area (Å²) in [5.74, 6) is -1.64. The van der Waals surface area contributed by atoms with Gasteiger partial charge in [0.25, 0.3) is 0 Å². The maximum Gasteiger partial charge on any atom is 0.321 e. The average Bonchev–Trinajstić information content (AvgIpc) is 2.38. The molecular weight excluding hydrogens is 292 g/mol. The van der Waals surface area contributed by atoms with Crippen molar-refractivity contribution in [2.45, 2.75) is 57.2 Å². The van der Waals surface area contributed by atoms with Gasteiger partial charge in [0.2, 0.25) is 5.91 Å². The standard InChI is InChI=1S/C14H24N2O4S/c1-14(2,12(18)19)8-11(17)16-13(20)15-9-6-4-5-7-10(9)21-3/h9-10H,4-8H2,1-3H3,(H,18,19)(H2,15,16,17,20). The van der Waals surface area contributed by atoms with Crippen LogP contribution >= 0.6 is 11.8 Å². The van der Waals surface area contributed by atoms with E-state index < -0.39 is 23.3 Å². The van der Waals surface area contributed by atoms with E-state index in [1.54, 1.807) is 11.8 Å². The lowest BCUT2D eigenvalue weighted by atomic mass is 9.89. The highest BCUT2D eigenvalue weighted by Crippen LogP contribution is 2.27. The van der Waals surface area contributed by atoms with E-state index in [9.17, 15) is 14.4 Å². The Bertz CT molecular complexity index is 412. The number of rotatable bonds is 5. The number of nitrogens with one attached hydrogen (secondary N) is 2. The summed E-state index contributed by atoms with van der Waals surface area (Å²) >= 11 is 1.72. The topological polar surface area (TPSA) is 95.5 Å². The molecule has 1 saturated carbocycles. The molecule has 1 fully saturated rings. The van der Waals surface area contributed by atoms with Gasteiger partial charge in [0.05, 0.1) is 5.41 Å². The maximum atomic E-state index is 11.8. The van der Waals surface area contributed by atoms with Gasteiger partial charge in [-0.25, -0.2) is 4.79 Å². The fourth-order valence-corrected chi connectivity index (χ4v) is 3.33. The molecule has 2 unspecified atom stereocenters. The minimum Gasteiger partial charge on any atom is -0.481 e. The molecule has 0 saturated heterocycles. The Balaban J connectivity index is 2.46. The minimum atomic E-state index is -1.18. The van der Waals surface area contributed by atoms with Crippen molar-refractivity contribution in [3.8, 4) is 0 Å². The second-order valence-electron chi connectivity index (χ2n) is 6.05. The van der Waals surface area contributed by atoms with Crippen LogP contribution in [0.15, 0.2) is 0 Å². The summed E-state index contributed by atoms with van der Waals surface area (Å²) in [4.78, 5) is 34.5. The smallest absolute Gasteiger partial charge is 0.321 e. The summed E-state index contributed by atoms with van der Waals surface area (Å²) < 4.78 is 0. The Kier molecular flexibility index (Phi) is 6.51. The second-order valence-corrected chi connectivity index (χ2v) is 7.13. The molecule has 0 spiro atoms.